The van der Waals surface area contributed by atoms with Crippen LogP contribution >= 0.6 is 0 Å². The number of nitrogens with one attached hydrogen (secondary N) is 1. The third kappa shape index (κ3) is 8.36. The number of aryl methyl sites for hydroxylation is 2. The number of nitrogens with zero attached hydrogens (tertiary/aromatic N) is 5. The van der Waals surface area contributed by atoms with Crippen LogP contribution in [-0.4, -0.2) is 98.6 Å². The maximum Gasteiger partial charge on any atom is 0.311 e. The van der Waals surface area contributed by atoms with Gasteiger partial charge in [0.15, 0.2) is 5.75 Å². The highest BCUT2D eigenvalue weighted by molar-refractivity contribution is 7.89. The van der Waals surface area contributed by atoms with Crippen molar-refractivity contribution in [3.05, 3.63) is 106 Å². The number of hydrogen-bond acceptors (Lipinski definition) is 13. The highest BCUT2D eigenvalue weighted by Gasteiger charge is 2.46. The first-order valence-corrected chi connectivity index (χ1v) is 21.6. The van der Waals surface area contributed by atoms with Crippen LogP contribution in [0.5, 0.6) is 17.2 Å². The normalized spacial score (nSPS) is 18.9. The summed E-state index contributed by atoms with van der Waals surface area (Å²) in [5, 5.41) is 20.6. The first kappa shape index (κ1) is 42.7. The number of imide groups is 2. The summed E-state index contributed by atoms with van der Waals surface area (Å²) >= 11 is 0. The molecule has 3 aliphatic rings. The number of hydrogen-bond donors (Lipinski definition) is 2. The van der Waals surface area contributed by atoms with Crippen molar-refractivity contribution >= 4 is 56.6 Å². The van der Waals surface area contributed by atoms with Crippen molar-refractivity contribution in [3.63, 3.8) is 0 Å². The van der Waals surface area contributed by atoms with E-state index in [0.29, 0.717) is 27.7 Å². The van der Waals surface area contributed by atoms with Gasteiger partial charge in [0.1, 0.15) is 39.6 Å². The van der Waals surface area contributed by atoms with Gasteiger partial charge in [0, 0.05) is 32.4 Å². The number of ether oxygens (including phenoxy) is 3. The van der Waals surface area contributed by atoms with Crippen molar-refractivity contribution in [2.24, 2.45) is 7.05 Å². The predicted octanol–water partition coefficient (Wildman–Crippen LogP) is 4.02. The molecule has 63 heavy (non-hydrogen) atoms. The van der Waals surface area contributed by atoms with Crippen molar-refractivity contribution in [2.45, 2.75) is 75.5 Å². The monoisotopic (exact) mass is 878 g/mol. The summed E-state index contributed by atoms with van der Waals surface area (Å²) in [7, 11) is -2.34. The standard InChI is InChI=1S/C44H42N6O12S/c1-24-13-14-26(18-28(24)23-49-22-25(2)61-33-9-4-5-11-36(33)63(49,58)59)30(21-38(52)53)27-19-31-41(48(3)47-46-31)35(20-27)62-39(54)12-7-17-60-34-10-6-8-29-40(34)44(57)50(43(29)56)32-15-16-37(51)45-42(32)55/h4-6,8-11,13-14,18-20,25,30,32H,7,12,15-17,21-23H2,1-3H3,(H,52,53)(H,45,51,55). The summed E-state index contributed by atoms with van der Waals surface area (Å²) in [5.74, 6) is -4.70. The molecule has 4 aromatic carbocycles. The van der Waals surface area contributed by atoms with Gasteiger partial charge in [-0.05, 0) is 85.3 Å². The fourth-order valence-corrected chi connectivity index (χ4v) is 9.80. The molecule has 5 aromatic rings. The van der Waals surface area contributed by atoms with E-state index in [4.69, 9.17) is 14.2 Å². The van der Waals surface area contributed by atoms with Gasteiger partial charge < -0.3 is 19.3 Å². The van der Waals surface area contributed by atoms with Gasteiger partial charge >= 0.3 is 11.9 Å². The van der Waals surface area contributed by atoms with Crippen molar-refractivity contribution < 1.29 is 56.5 Å². The Balaban J connectivity index is 0.990. The smallest absolute Gasteiger partial charge is 0.311 e. The number of carboxylic acid groups (broad SMARTS) is 1. The van der Waals surface area contributed by atoms with Gasteiger partial charge in [-0.3, -0.25) is 39.0 Å². The van der Waals surface area contributed by atoms with Crippen LogP contribution in [0.2, 0.25) is 0 Å². The first-order valence-electron chi connectivity index (χ1n) is 20.2. The predicted molar refractivity (Wildman–Crippen MR) is 221 cm³/mol. The molecule has 3 unspecified atom stereocenters. The summed E-state index contributed by atoms with van der Waals surface area (Å²) < 4.78 is 48.2. The number of benzene rings is 4. The SMILES string of the molecule is Cc1ccc(C(CC(=O)O)c2cc(OC(=O)CCCOc3cccc4c3C(=O)N(C3CCC(=O)NC3=O)C4=O)c3c(c2)nnn3C)cc1CN1CC(C)Oc2ccccc2S1(=O)=O. The van der Waals surface area contributed by atoms with E-state index in [1.807, 2.05) is 13.0 Å². The Labute approximate surface area is 360 Å². The molecule has 0 spiro atoms. The van der Waals surface area contributed by atoms with Gasteiger partial charge in [0.25, 0.3) is 11.8 Å². The summed E-state index contributed by atoms with van der Waals surface area (Å²) in [5.41, 5.74) is 3.27. The summed E-state index contributed by atoms with van der Waals surface area (Å²) in [6.07, 6.45) is -0.832. The third-order valence-corrected chi connectivity index (χ3v) is 13.1. The lowest BCUT2D eigenvalue weighted by Gasteiger charge is -2.27. The Kier molecular flexibility index (Phi) is 11.6. The average molecular weight is 879 g/mol. The minimum Gasteiger partial charge on any atom is -0.493 e. The maximum atomic E-state index is 13.9. The molecule has 8 rings (SSSR count). The second-order valence-corrected chi connectivity index (χ2v) is 17.6. The van der Waals surface area contributed by atoms with Gasteiger partial charge in [0.05, 0.1) is 30.7 Å². The largest absolute Gasteiger partial charge is 0.493 e. The molecule has 1 saturated heterocycles. The number of carbonyl (C=O) groups excluding carboxylic acids is 5. The van der Waals surface area contributed by atoms with Crippen molar-refractivity contribution in [2.75, 3.05) is 13.2 Å². The van der Waals surface area contributed by atoms with Gasteiger partial charge in [0.2, 0.25) is 21.8 Å². The molecule has 0 saturated carbocycles. The zero-order chi connectivity index (χ0) is 44.7. The summed E-state index contributed by atoms with van der Waals surface area (Å²) in [6, 6.07) is 18.5. The van der Waals surface area contributed by atoms with Crippen molar-refractivity contribution in [3.8, 4) is 17.2 Å². The van der Waals surface area contributed by atoms with Crippen LogP contribution < -0.4 is 19.5 Å². The molecule has 1 aromatic heterocycles. The zero-order valence-electron chi connectivity index (χ0n) is 34.4. The Morgan fingerprint density at radius 2 is 1.78 bits per heavy atom. The van der Waals surface area contributed by atoms with Crippen molar-refractivity contribution in [1.29, 1.82) is 0 Å². The lowest BCUT2D eigenvalue weighted by Crippen LogP contribution is -2.54. The number of rotatable bonds is 13. The van der Waals surface area contributed by atoms with Crippen LogP contribution in [0, 0.1) is 6.92 Å². The Hall–Kier alpha value is -6.99. The molecule has 0 aliphatic carbocycles. The van der Waals surface area contributed by atoms with E-state index in [2.05, 4.69) is 15.6 Å². The molecule has 18 nitrogen and oxygen atoms in total. The molecule has 3 atom stereocenters. The fourth-order valence-electron chi connectivity index (χ4n) is 8.19. The molecule has 1 fully saturated rings. The molecule has 326 valence electrons. The van der Waals surface area contributed by atoms with Gasteiger partial charge in [-0.25, -0.2) is 13.1 Å². The number of sulfonamides is 1. The second kappa shape index (κ2) is 17.1. The molecule has 4 amide bonds. The summed E-state index contributed by atoms with van der Waals surface area (Å²) in [6.45, 7) is 3.68. The molecule has 0 bridgehead atoms. The highest BCUT2D eigenvalue weighted by atomic mass is 32.2. The lowest BCUT2D eigenvalue weighted by molar-refractivity contribution is -0.138. The van der Waals surface area contributed by atoms with Gasteiger partial charge in [-0.2, -0.15) is 4.31 Å². The molecular weight excluding hydrogens is 837 g/mol. The number of aliphatic carboxylic acids is 1. The maximum absolute atomic E-state index is 13.9. The molecule has 4 heterocycles. The van der Waals surface area contributed by atoms with Crippen molar-refractivity contribution in [1.82, 2.24) is 29.5 Å². The molecule has 3 aliphatic heterocycles. The number of carboxylic acids is 1. The number of esters is 1. The third-order valence-electron chi connectivity index (χ3n) is 11.3. The van der Waals surface area contributed by atoms with Crippen LogP contribution in [0.15, 0.2) is 77.7 Å². The quantitative estimate of drug-likeness (QED) is 0.0736. The number of piperidine rings is 1. The van der Waals surface area contributed by atoms with Gasteiger partial charge in [-0.15, -0.1) is 5.10 Å². The first-order chi connectivity index (χ1) is 30.1. The minimum absolute atomic E-state index is 0.00158. The van der Waals surface area contributed by atoms with Gasteiger partial charge in [-0.1, -0.05) is 41.6 Å². The highest BCUT2D eigenvalue weighted by Crippen LogP contribution is 2.38. The Morgan fingerprint density at radius 3 is 2.56 bits per heavy atom. The number of amides is 4. The van der Waals surface area contributed by atoms with Crippen LogP contribution in [0.25, 0.3) is 11.0 Å². The van der Waals surface area contributed by atoms with Crippen LogP contribution in [-0.2, 0) is 42.8 Å². The molecule has 19 heteroatoms. The van der Waals surface area contributed by atoms with E-state index in [0.717, 1.165) is 10.5 Å². The number of carbonyl (C=O) groups is 6. The van der Waals surface area contributed by atoms with Crippen LogP contribution in [0.4, 0.5) is 0 Å². The van der Waals surface area contributed by atoms with E-state index in [1.165, 1.54) is 33.3 Å². The van der Waals surface area contributed by atoms with Crippen LogP contribution in [0.3, 0.4) is 0 Å². The topological polar surface area (TPSA) is 234 Å². The van der Waals surface area contributed by atoms with Crippen LogP contribution in [0.1, 0.15) is 87.9 Å². The zero-order valence-corrected chi connectivity index (χ0v) is 35.2. The summed E-state index contributed by atoms with van der Waals surface area (Å²) in [4.78, 5) is 77.5. The second-order valence-electron chi connectivity index (χ2n) is 15.7. The van der Waals surface area contributed by atoms with E-state index in [-0.39, 0.29) is 85.1 Å². The van der Waals surface area contributed by atoms with E-state index >= 15 is 0 Å². The Bertz CT molecular complexity index is 2840. The van der Waals surface area contributed by atoms with E-state index < -0.39 is 63.7 Å². The number of fused-ring (bicyclic) bond motifs is 3. The number of aromatic nitrogens is 3. The molecular formula is C44H42N6O12S. The van der Waals surface area contributed by atoms with E-state index in [9.17, 15) is 42.3 Å². The van der Waals surface area contributed by atoms with E-state index in [1.54, 1.807) is 56.4 Å². The number of para-hydroxylation sites is 1. The lowest BCUT2D eigenvalue weighted by atomic mass is 9.86. The minimum atomic E-state index is -3.96. The Morgan fingerprint density at radius 1 is 0.984 bits per heavy atom. The molecule has 0 radical (unpaired) electrons. The average Bonchev–Trinajstić information content (AvgIpc) is 3.71. The fraction of sp³-hybridized carbons (Fsp3) is 0.318. The molecule has 2 N–H and O–H groups in total.